The monoisotopic (exact) mass is 295 g/mol. The van der Waals surface area contributed by atoms with Gasteiger partial charge in [-0.3, -0.25) is 10.1 Å². The molecular weight excluding hydrogens is 286 g/mol. The van der Waals surface area contributed by atoms with Crippen LogP contribution < -0.4 is 9.47 Å². The predicted molar refractivity (Wildman–Crippen MR) is 71.4 cm³/mol. The van der Waals surface area contributed by atoms with Gasteiger partial charge in [0.2, 0.25) is 5.15 Å². The van der Waals surface area contributed by atoms with Crippen molar-refractivity contribution in [1.82, 2.24) is 9.97 Å². The van der Waals surface area contributed by atoms with Crippen LogP contribution in [0.5, 0.6) is 17.4 Å². The molecule has 0 fully saturated rings. The van der Waals surface area contributed by atoms with Crippen molar-refractivity contribution in [2.75, 3.05) is 6.61 Å². The van der Waals surface area contributed by atoms with Crippen molar-refractivity contribution < 1.29 is 14.4 Å². The lowest BCUT2D eigenvalue weighted by atomic mass is 10.3. The molecule has 1 aromatic heterocycles. The Morgan fingerprint density at radius 1 is 1.25 bits per heavy atom. The van der Waals surface area contributed by atoms with Crippen LogP contribution in [0, 0.1) is 10.1 Å². The summed E-state index contributed by atoms with van der Waals surface area (Å²) >= 11 is 5.66. The summed E-state index contributed by atoms with van der Waals surface area (Å²) in [6.07, 6.45) is 1.10. The summed E-state index contributed by atoms with van der Waals surface area (Å²) < 4.78 is 10.6. The second-order valence-electron chi connectivity index (χ2n) is 3.58. The minimum atomic E-state index is -0.688. The molecule has 0 radical (unpaired) electrons. The van der Waals surface area contributed by atoms with E-state index in [1.54, 1.807) is 24.3 Å². The highest BCUT2D eigenvalue weighted by Gasteiger charge is 2.23. The summed E-state index contributed by atoms with van der Waals surface area (Å²) in [4.78, 5) is 17.5. The molecule has 0 saturated carbocycles. The van der Waals surface area contributed by atoms with Crippen LogP contribution in [0.15, 0.2) is 30.6 Å². The highest BCUT2D eigenvalue weighted by molar-refractivity contribution is 6.31. The Labute approximate surface area is 119 Å². The van der Waals surface area contributed by atoms with E-state index in [-0.39, 0.29) is 11.0 Å². The number of hydrogen-bond donors (Lipinski definition) is 0. The van der Waals surface area contributed by atoms with E-state index in [0.717, 1.165) is 6.33 Å². The molecule has 0 saturated heterocycles. The number of hydrogen-bond acceptors (Lipinski definition) is 6. The van der Waals surface area contributed by atoms with Crippen LogP contribution in [0.4, 0.5) is 5.69 Å². The van der Waals surface area contributed by atoms with Gasteiger partial charge in [-0.2, -0.15) is 4.98 Å². The van der Waals surface area contributed by atoms with Gasteiger partial charge in [0.15, 0.2) is 0 Å². The Kier molecular flexibility index (Phi) is 4.31. The Balaban J connectivity index is 2.26. The van der Waals surface area contributed by atoms with Crippen LogP contribution >= 0.6 is 11.6 Å². The van der Waals surface area contributed by atoms with Crippen molar-refractivity contribution in [1.29, 1.82) is 0 Å². The van der Waals surface area contributed by atoms with E-state index in [1.807, 2.05) is 6.92 Å². The third-order valence-electron chi connectivity index (χ3n) is 2.28. The highest BCUT2D eigenvalue weighted by atomic mass is 35.5. The number of benzene rings is 1. The number of nitrogens with zero attached hydrogens (tertiary/aromatic N) is 3. The zero-order chi connectivity index (χ0) is 14.5. The first-order chi connectivity index (χ1) is 9.61. The van der Waals surface area contributed by atoms with Gasteiger partial charge in [-0.1, -0.05) is 11.6 Å². The summed E-state index contributed by atoms with van der Waals surface area (Å²) in [6.45, 7) is 2.42. The standard InChI is InChI=1S/C12H10ClN3O4/c1-2-19-8-3-5-9(6-4-8)20-12-10(16(17)18)11(13)14-7-15-12/h3-7H,2H2,1H3. The first kappa shape index (κ1) is 14.0. The lowest BCUT2D eigenvalue weighted by molar-refractivity contribution is -0.386. The summed E-state index contributed by atoms with van der Waals surface area (Å²) in [5.41, 5.74) is -0.469. The van der Waals surface area contributed by atoms with E-state index in [4.69, 9.17) is 21.1 Å². The molecule has 0 aliphatic carbocycles. The second kappa shape index (κ2) is 6.16. The quantitative estimate of drug-likeness (QED) is 0.478. The summed E-state index contributed by atoms with van der Waals surface area (Å²) in [6, 6.07) is 6.61. The van der Waals surface area contributed by atoms with Crippen molar-refractivity contribution in [3.05, 3.63) is 45.9 Å². The van der Waals surface area contributed by atoms with Gasteiger partial charge in [-0.15, -0.1) is 0 Å². The van der Waals surface area contributed by atoms with Crippen LogP contribution in [-0.2, 0) is 0 Å². The van der Waals surface area contributed by atoms with E-state index in [0.29, 0.717) is 18.1 Å². The SMILES string of the molecule is CCOc1ccc(Oc2ncnc(Cl)c2[N+](=O)[O-])cc1. The van der Waals surface area contributed by atoms with Crippen molar-refractivity contribution in [2.45, 2.75) is 6.92 Å². The topological polar surface area (TPSA) is 87.4 Å². The Morgan fingerprint density at radius 3 is 2.50 bits per heavy atom. The molecule has 20 heavy (non-hydrogen) atoms. The third kappa shape index (κ3) is 3.12. The summed E-state index contributed by atoms with van der Waals surface area (Å²) in [5, 5.41) is 10.6. The summed E-state index contributed by atoms with van der Waals surface area (Å²) in [5.74, 6) is 0.848. The van der Waals surface area contributed by atoms with Crippen molar-refractivity contribution in [3.8, 4) is 17.4 Å². The van der Waals surface area contributed by atoms with E-state index in [1.165, 1.54) is 0 Å². The maximum atomic E-state index is 10.9. The van der Waals surface area contributed by atoms with Crippen molar-refractivity contribution in [3.63, 3.8) is 0 Å². The van der Waals surface area contributed by atoms with E-state index >= 15 is 0 Å². The number of ether oxygens (including phenoxy) is 2. The van der Waals surface area contributed by atoms with Gasteiger partial charge in [0, 0.05) is 0 Å². The molecule has 0 spiro atoms. The van der Waals surface area contributed by atoms with E-state index in [2.05, 4.69) is 9.97 Å². The van der Waals surface area contributed by atoms with Gasteiger partial charge in [0.25, 0.3) is 0 Å². The molecule has 0 atom stereocenters. The minimum absolute atomic E-state index is 0.209. The smallest absolute Gasteiger partial charge is 0.368 e. The van der Waals surface area contributed by atoms with E-state index < -0.39 is 10.6 Å². The van der Waals surface area contributed by atoms with Crippen LogP contribution in [0.2, 0.25) is 5.15 Å². The average Bonchev–Trinajstić information content (AvgIpc) is 2.41. The zero-order valence-corrected chi connectivity index (χ0v) is 11.2. The summed E-state index contributed by atoms with van der Waals surface area (Å²) in [7, 11) is 0. The molecule has 0 aliphatic heterocycles. The Morgan fingerprint density at radius 2 is 1.90 bits per heavy atom. The molecule has 0 aliphatic rings. The lowest BCUT2D eigenvalue weighted by Gasteiger charge is -2.07. The van der Waals surface area contributed by atoms with Crippen LogP contribution in [0.25, 0.3) is 0 Å². The fourth-order valence-electron chi connectivity index (χ4n) is 1.45. The average molecular weight is 296 g/mol. The molecule has 0 amide bonds. The minimum Gasteiger partial charge on any atom is -0.494 e. The number of aromatic nitrogens is 2. The Hall–Kier alpha value is -2.41. The molecular formula is C12H10ClN3O4. The number of nitro groups is 1. The lowest BCUT2D eigenvalue weighted by Crippen LogP contribution is -1.98. The predicted octanol–water partition coefficient (Wildman–Crippen LogP) is 3.23. The molecule has 104 valence electrons. The van der Waals surface area contributed by atoms with Gasteiger partial charge in [0.05, 0.1) is 11.5 Å². The maximum absolute atomic E-state index is 10.9. The number of rotatable bonds is 5. The molecule has 2 aromatic rings. The second-order valence-corrected chi connectivity index (χ2v) is 3.94. The molecule has 1 heterocycles. The largest absolute Gasteiger partial charge is 0.494 e. The first-order valence-corrected chi connectivity index (χ1v) is 6.05. The fraction of sp³-hybridized carbons (Fsp3) is 0.167. The molecule has 0 N–H and O–H groups in total. The highest BCUT2D eigenvalue weighted by Crippen LogP contribution is 2.33. The third-order valence-corrected chi connectivity index (χ3v) is 2.55. The normalized spacial score (nSPS) is 10.1. The zero-order valence-electron chi connectivity index (χ0n) is 10.4. The van der Waals surface area contributed by atoms with Crippen LogP contribution in [0.1, 0.15) is 6.92 Å². The molecule has 2 rings (SSSR count). The number of halogens is 1. The van der Waals surface area contributed by atoms with Gasteiger partial charge in [-0.25, -0.2) is 4.98 Å². The first-order valence-electron chi connectivity index (χ1n) is 5.67. The van der Waals surface area contributed by atoms with Gasteiger partial charge in [0.1, 0.15) is 17.8 Å². The molecule has 0 bridgehead atoms. The van der Waals surface area contributed by atoms with Crippen LogP contribution in [0.3, 0.4) is 0 Å². The van der Waals surface area contributed by atoms with Gasteiger partial charge < -0.3 is 9.47 Å². The van der Waals surface area contributed by atoms with Gasteiger partial charge >= 0.3 is 11.6 Å². The fourth-order valence-corrected chi connectivity index (χ4v) is 1.65. The van der Waals surface area contributed by atoms with Crippen LogP contribution in [-0.4, -0.2) is 21.5 Å². The van der Waals surface area contributed by atoms with E-state index in [9.17, 15) is 10.1 Å². The molecule has 0 unspecified atom stereocenters. The van der Waals surface area contributed by atoms with Gasteiger partial charge in [-0.05, 0) is 31.2 Å². The molecule has 1 aromatic carbocycles. The van der Waals surface area contributed by atoms with Crippen molar-refractivity contribution >= 4 is 17.3 Å². The molecule has 8 heteroatoms. The Bertz CT molecular complexity index is 619. The maximum Gasteiger partial charge on any atom is 0.368 e. The van der Waals surface area contributed by atoms with Crippen molar-refractivity contribution in [2.24, 2.45) is 0 Å². The molecule has 7 nitrogen and oxygen atoms in total.